The van der Waals surface area contributed by atoms with Gasteiger partial charge in [0.05, 0.1) is 10.5 Å². The van der Waals surface area contributed by atoms with Gasteiger partial charge in [0, 0.05) is 19.3 Å². The van der Waals surface area contributed by atoms with Crippen LogP contribution in [-0.2, 0) is 0 Å². The van der Waals surface area contributed by atoms with Gasteiger partial charge in [-0.3, -0.25) is 14.9 Å². The Morgan fingerprint density at radius 1 is 1.29 bits per heavy atom. The zero-order valence-electron chi connectivity index (χ0n) is 11.5. The summed E-state index contributed by atoms with van der Waals surface area (Å²) in [6.07, 6.45) is 2.70. The Hall–Kier alpha value is -3.03. The van der Waals surface area contributed by atoms with E-state index in [1.54, 1.807) is 25.4 Å². The Kier molecular flexibility index (Phi) is 4.07. The quantitative estimate of drug-likeness (QED) is 0.657. The van der Waals surface area contributed by atoms with E-state index >= 15 is 0 Å². The highest BCUT2D eigenvalue weighted by molar-refractivity contribution is 6.07. The first-order valence-electron chi connectivity index (χ1n) is 6.07. The van der Waals surface area contributed by atoms with E-state index in [1.165, 1.54) is 6.07 Å². The van der Waals surface area contributed by atoms with Crippen LogP contribution >= 0.6 is 0 Å². The first kappa shape index (κ1) is 14.4. The second-order valence-electron chi connectivity index (χ2n) is 4.27. The lowest BCUT2D eigenvalue weighted by molar-refractivity contribution is -0.385. The molecule has 0 radical (unpaired) electrons. The van der Waals surface area contributed by atoms with E-state index in [4.69, 9.17) is 0 Å². The summed E-state index contributed by atoms with van der Waals surface area (Å²) in [5.41, 5.74) is 0.783. The van der Waals surface area contributed by atoms with Crippen LogP contribution in [0.5, 0.6) is 0 Å². The number of carbonyl (C=O) groups is 1. The van der Waals surface area contributed by atoms with Crippen molar-refractivity contribution in [2.24, 2.45) is 0 Å². The third kappa shape index (κ3) is 3.30. The van der Waals surface area contributed by atoms with Crippen molar-refractivity contribution in [3.63, 3.8) is 0 Å². The molecule has 0 unspecified atom stereocenters. The van der Waals surface area contributed by atoms with Crippen LogP contribution in [0.25, 0.3) is 0 Å². The van der Waals surface area contributed by atoms with E-state index in [-0.39, 0.29) is 17.1 Å². The Morgan fingerprint density at radius 3 is 2.62 bits per heavy atom. The predicted molar refractivity (Wildman–Crippen MR) is 77.4 cm³/mol. The third-order valence-electron chi connectivity index (χ3n) is 2.72. The number of hydrogen-bond donors (Lipinski definition) is 2. The highest BCUT2D eigenvalue weighted by atomic mass is 16.6. The SMILES string of the molecule is CNc1ncc([N+](=O)[O-])cc1C(=O)Nc1ccc(C)cn1. The molecule has 21 heavy (non-hydrogen) atoms. The van der Waals surface area contributed by atoms with E-state index in [0.717, 1.165) is 11.8 Å². The zero-order chi connectivity index (χ0) is 15.4. The summed E-state index contributed by atoms with van der Waals surface area (Å²) in [5, 5.41) is 16.1. The van der Waals surface area contributed by atoms with Crippen molar-refractivity contribution >= 4 is 23.2 Å². The molecule has 0 atom stereocenters. The predicted octanol–water partition coefficient (Wildman–Crippen LogP) is 1.99. The number of nitrogens with zero attached hydrogens (tertiary/aromatic N) is 3. The molecule has 0 saturated heterocycles. The van der Waals surface area contributed by atoms with Crippen LogP contribution in [0.4, 0.5) is 17.3 Å². The number of aryl methyl sites for hydroxylation is 1. The van der Waals surface area contributed by atoms with Crippen LogP contribution in [0.15, 0.2) is 30.6 Å². The molecule has 2 heterocycles. The maximum atomic E-state index is 12.2. The fourth-order valence-corrected chi connectivity index (χ4v) is 1.65. The number of rotatable bonds is 4. The molecule has 0 fully saturated rings. The normalized spacial score (nSPS) is 10.0. The lowest BCUT2D eigenvalue weighted by Crippen LogP contribution is -2.16. The zero-order valence-corrected chi connectivity index (χ0v) is 11.5. The van der Waals surface area contributed by atoms with Crippen molar-refractivity contribution in [1.82, 2.24) is 9.97 Å². The highest BCUT2D eigenvalue weighted by Gasteiger charge is 2.18. The summed E-state index contributed by atoms with van der Waals surface area (Å²) >= 11 is 0. The third-order valence-corrected chi connectivity index (χ3v) is 2.72. The van der Waals surface area contributed by atoms with E-state index in [1.807, 2.05) is 6.92 Å². The van der Waals surface area contributed by atoms with Gasteiger partial charge in [-0.25, -0.2) is 9.97 Å². The molecule has 2 rings (SSSR count). The van der Waals surface area contributed by atoms with Crippen molar-refractivity contribution < 1.29 is 9.72 Å². The topological polar surface area (TPSA) is 110 Å². The van der Waals surface area contributed by atoms with Crippen molar-refractivity contribution in [2.45, 2.75) is 6.92 Å². The van der Waals surface area contributed by atoms with E-state index in [2.05, 4.69) is 20.6 Å². The van der Waals surface area contributed by atoms with Crippen molar-refractivity contribution in [3.8, 4) is 0 Å². The molecule has 0 aromatic carbocycles. The van der Waals surface area contributed by atoms with Gasteiger partial charge in [-0.15, -0.1) is 0 Å². The molecule has 2 aromatic heterocycles. The molecule has 0 aliphatic rings. The number of nitro groups is 1. The molecule has 8 nitrogen and oxygen atoms in total. The fraction of sp³-hybridized carbons (Fsp3) is 0.154. The number of aromatic nitrogens is 2. The fourth-order valence-electron chi connectivity index (χ4n) is 1.65. The Labute approximate surface area is 120 Å². The molecule has 108 valence electrons. The van der Waals surface area contributed by atoms with Gasteiger partial charge < -0.3 is 10.6 Å². The lowest BCUT2D eigenvalue weighted by Gasteiger charge is -2.08. The van der Waals surface area contributed by atoms with E-state index in [9.17, 15) is 14.9 Å². The van der Waals surface area contributed by atoms with Crippen LogP contribution < -0.4 is 10.6 Å². The van der Waals surface area contributed by atoms with Crippen LogP contribution in [0.1, 0.15) is 15.9 Å². The summed E-state index contributed by atoms with van der Waals surface area (Å²) in [7, 11) is 1.58. The molecular weight excluding hydrogens is 274 g/mol. The van der Waals surface area contributed by atoms with Gasteiger partial charge in [0.2, 0.25) is 0 Å². The number of anilines is 2. The Balaban J connectivity index is 2.30. The molecule has 2 aromatic rings. The van der Waals surface area contributed by atoms with E-state index < -0.39 is 10.8 Å². The standard InChI is InChI=1S/C13H13N5O3/c1-8-3-4-11(15-6-8)17-13(19)10-5-9(18(20)21)7-16-12(10)14-2/h3-7H,1-2H3,(H,14,16)(H,15,17,19). The maximum Gasteiger partial charge on any atom is 0.288 e. The van der Waals surface area contributed by atoms with Crippen LogP contribution in [0.2, 0.25) is 0 Å². The summed E-state index contributed by atoms with van der Waals surface area (Å²) in [6.45, 7) is 1.88. The first-order valence-corrected chi connectivity index (χ1v) is 6.07. The highest BCUT2D eigenvalue weighted by Crippen LogP contribution is 2.20. The molecule has 0 aliphatic heterocycles. The number of hydrogen-bond acceptors (Lipinski definition) is 6. The number of amides is 1. The molecular formula is C13H13N5O3. The summed E-state index contributed by atoms with van der Waals surface area (Å²) < 4.78 is 0. The molecule has 0 aliphatic carbocycles. The second-order valence-corrected chi connectivity index (χ2v) is 4.27. The van der Waals surface area contributed by atoms with Gasteiger partial charge in [0.25, 0.3) is 11.6 Å². The van der Waals surface area contributed by atoms with Crippen molar-refractivity contribution in [3.05, 3.63) is 51.8 Å². The summed E-state index contributed by atoms with van der Waals surface area (Å²) in [4.78, 5) is 30.3. The smallest absolute Gasteiger partial charge is 0.288 e. The largest absolute Gasteiger partial charge is 0.372 e. The minimum atomic E-state index is -0.604. The minimum absolute atomic E-state index is 0.0778. The Bertz CT molecular complexity index is 685. The van der Waals surface area contributed by atoms with Gasteiger partial charge in [-0.2, -0.15) is 0 Å². The molecule has 1 amide bonds. The van der Waals surface area contributed by atoms with E-state index in [0.29, 0.717) is 5.82 Å². The average Bonchev–Trinajstić information content (AvgIpc) is 2.48. The van der Waals surface area contributed by atoms with Crippen LogP contribution in [0.3, 0.4) is 0 Å². The summed E-state index contributed by atoms with van der Waals surface area (Å²) in [5.74, 6) is 0.0938. The Morgan fingerprint density at radius 2 is 2.05 bits per heavy atom. The average molecular weight is 287 g/mol. The van der Waals surface area contributed by atoms with Crippen LogP contribution in [-0.4, -0.2) is 27.8 Å². The number of nitrogens with one attached hydrogen (secondary N) is 2. The number of carbonyl (C=O) groups excluding carboxylic acids is 1. The molecule has 8 heteroatoms. The lowest BCUT2D eigenvalue weighted by atomic mass is 10.2. The second kappa shape index (κ2) is 5.95. The molecule has 0 bridgehead atoms. The van der Waals surface area contributed by atoms with Gasteiger partial charge in [0.1, 0.15) is 17.8 Å². The summed E-state index contributed by atoms with van der Waals surface area (Å²) in [6, 6.07) is 4.62. The van der Waals surface area contributed by atoms with Crippen LogP contribution in [0, 0.1) is 17.0 Å². The number of pyridine rings is 2. The maximum absolute atomic E-state index is 12.2. The van der Waals surface area contributed by atoms with Gasteiger partial charge in [-0.05, 0) is 18.6 Å². The van der Waals surface area contributed by atoms with Crippen molar-refractivity contribution in [2.75, 3.05) is 17.7 Å². The van der Waals surface area contributed by atoms with Gasteiger partial charge in [0.15, 0.2) is 0 Å². The first-order chi connectivity index (χ1) is 10.0. The van der Waals surface area contributed by atoms with Gasteiger partial charge in [-0.1, -0.05) is 6.07 Å². The molecule has 0 saturated carbocycles. The van der Waals surface area contributed by atoms with Gasteiger partial charge >= 0.3 is 0 Å². The minimum Gasteiger partial charge on any atom is -0.372 e. The van der Waals surface area contributed by atoms with Crippen molar-refractivity contribution in [1.29, 1.82) is 0 Å². The molecule has 2 N–H and O–H groups in total. The molecule has 0 spiro atoms. The monoisotopic (exact) mass is 287 g/mol.